The van der Waals surface area contributed by atoms with Crippen LogP contribution in [0.2, 0.25) is 0 Å². The van der Waals surface area contributed by atoms with Gasteiger partial charge in [0.15, 0.2) is 0 Å². The van der Waals surface area contributed by atoms with Crippen molar-refractivity contribution in [3.63, 3.8) is 0 Å². The fourth-order valence-electron chi connectivity index (χ4n) is 0.321. The summed E-state index contributed by atoms with van der Waals surface area (Å²) in [4.78, 5) is 8.68. The summed E-state index contributed by atoms with van der Waals surface area (Å²) in [5, 5.41) is 0. The zero-order valence-corrected chi connectivity index (χ0v) is 6.21. The molecule has 0 aliphatic carbocycles. The Kier molecular flexibility index (Phi) is 6.30. The number of hydrogen-bond donors (Lipinski definition) is 0. The van der Waals surface area contributed by atoms with Crippen molar-refractivity contribution in [3.05, 3.63) is 30.3 Å². The zero-order chi connectivity index (χ0) is 6.24. The molecule has 1 aromatic carbocycles. The van der Waals surface area contributed by atoms with Crippen molar-refractivity contribution in [2.24, 2.45) is 0 Å². The van der Waals surface area contributed by atoms with Crippen molar-refractivity contribution >= 4 is 4.27 Å². The minimum atomic E-state index is 1.26. The summed E-state index contributed by atoms with van der Waals surface area (Å²) in [5.41, 5.74) is 0. The number of carbonyl (C=O) groups excluding carboxylic acids is 1. The summed E-state index contributed by atoms with van der Waals surface area (Å²) in [7, 11) is 0. The van der Waals surface area contributed by atoms with Gasteiger partial charge in [0.2, 0.25) is 0 Å². The molecule has 0 saturated heterocycles. The van der Waals surface area contributed by atoms with Crippen LogP contribution >= 0.6 is 0 Å². The van der Waals surface area contributed by atoms with Crippen molar-refractivity contribution in [1.82, 2.24) is 0 Å². The van der Waals surface area contributed by atoms with Crippen molar-refractivity contribution in [2.75, 3.05) is 0 Å². The molecular formula is C6H5MoO-. The summed E-state index contributed by atoms with van der Waals surface area (Å²) in [6.07, 6.45) is 0. The standard InChI is InChI=1S/C5H5.CO.Mo/c1-2-4-5-3-1;1-2;/h1-5H;;/q-1;;. The van der Waals surface area contributed by atoms with Gasteiger partial charge >= 0.3 is 28.4 Å². The maximum Gasteiger partial charge on any atom is -0.172 e. The van der Waals surface area contributed by atoms with Gasteiger partial charge in [-0.3, -0.25) is 0 Å². The molecule has 0 amide bonds. The van der Waals surface area contributed by atoms with Crippen LogP contribution < -0.4 is 0 Å². The van der Waals surface area contributed by atoms with Gasteiger partial charge in [-0.15, -0.1) is 0 Å². The van der Waals surface area contributed by atoms with E-state index < -0.39 is 0 Å². The van der Waals surface area contributed by atoms with Gasteiger partial charge in [-0.05, 0) is 0 Å². The molecule has 42 valence electrons. The Morgan fingerprint density at radius 3 is 1.88 bits per heavy atom. The molecule has 0 unspecified atom stereocenters. The first-order valence-electron chi connectivity index (χ1n) is 2.07. The molecule has 1 nitrogen and oxygen atoms in total. The Morgan fingerprint density at radius 1 is 1.38 bits per heavy atom. The van der Waals surface area contributed by atoms with E-state index in [9.17, 15) is 0 Å². The molecule has 0 aliphatic heterocycles. The molecule has 1 aromatic rings. The van der Waals surface area contributed by atoms with Crippen LogP contribution in [0.4, 0.5) is 0 Å². The molecule has 0 spiro atoms. The minimum Gasteiger partial charge on any atom is -0.214 e. The molecule has 0 N–H and O–H groups in total. The second-order valence-electron chi connectivity index (χ2n) is 1.05. The number of hydrogen-bond acceptors (Lipinski definition) is 1. The van der Waals surface area contributed by atoms with Crippen molar-refractivity contribution in [3.8, 4) is 0 Å². The second-order valence-corrected chi connectivity index (χ2v) is 1.46. The largest absolute Gasteiger partial charge is 0.214 e. The topological polar surface area (TPSA) is 17.1 Å². The van der Waals surface area contributed by atoms with Crippen LogP contribution in [0.15, 0.2) is 30.3 Å². The normalized spacial score (nSPS) is 6.00. The first-order valence-corrected chi connectivity index (χ1v) is 3.08. The Bertz CT molecular complexity index is 120. The maximum atomic E-state index is 8.68. The van der Waals surface area contributed by atoms with E-state index in [1.807, 2.05) is 30.3 Å². The Labute approximate surface area is 59.1 Å². The molecule has 0 atom stereocenters. The average Bonchev–Trinajstić information content (AvgIpc) is 2.17. The van der Waals surface area contributed by atoms with E-state index in [2.05, 4.69) is 0 Å². The van der Waals surface area contributed by atoms with E-state index in [4.69, 9.17) is 4.79 Å². The zero-order valence-electron chi connectivity index (χ0n) is 4.20. The van der Waals surface area contributed by atoms with Crippen LogP contribution in [0.5, 0.6) is 0 Å². The first kappa shape index (κ1) is 7.62. The average molecular weight is 189 g/mol. The van der Waals surface area contributed by atoms with Gasteiger partial charge in [0.25, 0.3) is 0 Å². The van der Waals surface area contributed by atoms with E-state index in [0.717, 1.165) is 0 Å². The van der Waals surface area contributed by atoms with Gasteiger partial charge in [-0.2, -0.15) is 18.2 Å². The molecule has 0 saturated carbocycles. The molecule has 8 heavy (non-hydrogen) atoms. The number of rotatable bonds is 0. The van der Waals surface area contributed by atoms with E-state index in [1.54, 1.807) is 0 Å². The van der Waals surface area contributed by atoms with Gasteiger partial charge in [0, 0.05) is 0 Å². The first-order chi connectivity index (χ1) is 3.91. The molecule has 0 bridgehead atoms. The van der Waals surface area contributed by atoms with Gasteiger partial charge in [-0.1, -0.05) is 0 Å². The minimum absolute atomic E-state index is 1.26. The molecule has 0 radical (unpaired) electrons. The second kappa shape index (κ2) is 6.62. The Hall–Kier alpha value is -0.382. The van der Waals surface area contributed by atoms with Crippen LogP contribution in [-0.4, -0.2) is 4.27 Å². The summed E-state index contributed by atoms with van der Waals surface area (Å²) in [5.74, 6) is 0. The van der Waals surface area contributed by atoms with Crippen molar-refractivity contribution in [2.45, 2.75) is 0 Å². The fourth-order valence-corrected chi connectivity index (χ4v) is 0.321. The predicted octanol–water partition coefficient (Wildman–Crippen LogP) is 1.01. The summed E-state index contributed by atoms with van der Waals surface area (Å²) < 4.78 is 1.51. The molecule has 0 aliphatic rings. The Balaban J connectivity index is 0.000000145. The predicted molar refractivity (Wildman–Crippen MR) is 27.7 cm³/mol. The fraction of sp³-hybridized carbons (Fsp3) is 0. The molecule has 0 fully saturated rings. The maximum absolute atomic E-state index is 8.68. The molecule has 0 aromatic heterocycles. The van der Waals surface area contributed by atoms with Gasteiger partial charge in [-0.25, -0.2) is 12.1 Å². The van der Waals surface area contributed by atoms with E-state index in [0.29, 0.717) is 0 Å². The van der Waals surface area contributed by atoms with Crippen LogP contribution in [-0.2, 0) is 24.1 Å². The SMILES string of the molecule is O=[C]=[Mo].c1cc[cH-]c1. The molecular weight excluding hydrogens is 184 g/mol. The van der Waals surface area contributed by atoms with Gasteiger partial charge < -0.3 is 0 Å². The van der Waals surface area contributed by atoms with E-state index in [-0.39, 0.29) is 0 Å². The Morgan fingerprint density at radius 2 is 1.75 bits per heavy atom. The van der Waals surface area contributed by atoms with Crippen LogP contribution in [0.1, 0.15) is 0 Å². The molecule has 1 rings (SSSR count). The van der Waals surface area contributed by atoms with Crippen LogP contribution in [0.3, 0.4) is 0 Å². The monoisotopic (exact) mass is 191 g/mol. The van der Waals surface area contributed by atoms with E-state index >= 15 is 0 Å². The molecule has 0 heterocycles. The molecule has 2 heteroatoms. The smallest absolute Gasteiger partial charge is 0.172 e. The third-order valence-electron chi connectivity index (χ3n) is 0.556. The van der Waals surface area contributed by atoms with Gasteiger partial charge in [0.1, 0.15) is 0 Å². The van der Waals surface area contributed by atoms with Crippen molar-refractivity contribution in [1.29, 1.82) is 0 Å². The van der Waals surface area contributed by atoms with E-state index in [1.165, 1.54) is 23.6 Å². The van der Waals surface area contributed by atoms with Gasteiger partial charge in [0.05, 0.1) is 0 Å². The quantitative estimate of drug-likeness (QED) is 0.439. The van der Waals surface area contributed by atoms with Crippen LogP contribution in [0.25, 0.3) is 0 Å². The van der Waals surface area contributed by atoms with Crippen LogP contribution in [0, 0.1) is 0 Å². The summed E-state index contributed by atoms with van der Waals surface area (Å²) in [6.45, 7) is 0. The third-order valence-corrected chi connectivity index (χ3v) is 0.556. The van der Waals surface area contributed by atoms with Crippen molar-refractivity contribution < 1.29 is 24.1 Å². The third kappa shape index (κ3) is 5.62. The summed E-state index contributed by atoms with van der Waals surface area (Å²) >= 11 is 1.26. The summed E-state index contributed by atoms with van der Waals surface area (Å²) in [6, 6.07) is 10.0.